The number of guanidine groups is 1. The number of hydrogen-bond acceptors (Lipinski definition) is 7. The Morgan fingerprint density at radius 1 is 1.16 bits per heavy atom. The lowest BCUT2D eigenvalue weighted by atomic mass is 9.43. The fourth-order valence-electron chi connectivity index (χ4n) is 9.39. The first kappa shape index (κ1) is 32.2. The predicted octanol–water partition coefficient (Wildman–Crippen LogP) is 4.06. The molecule has 1 aliphatic heterocycles. The largest absolute Gasteiger partial charge is 0.481 e. The van der Waals surface area contributed by atoms with Crippen molar-refractivity contribution in [3.05, 3.63) is 10.1 Å². The van der Waals surface area contributed by atoms with Crippen LogP contribution in [0, 0.1) is 57.0 Å². The zero-order valence-corrected chi connectivity index (χ0v) is 26.7. The number of hydrogen-bond donors (Lipinski definition) is 3. The van der Waals surface area contributed by atoms with Crippen LogP contribution in [-0.2, 0) is 18.9 Å². The average Bonchev–Trinajstić information content (AvgIpc) is 3.62. The van der Waals surface area contributed by atoms with Crippen molar-refractivity contribution in [3.8, 4) is 0 Å². The molecule has 240 valence electrons. The first-order chi connectivity index (χ1) is 20.3. The molecule has 1 amide bonds. The third kappa shape index (κ3) is 6.90. The minimum atomic E-state index is -0.758. The van der Waals surface area contributed by atoms with Crippen LogP contribution in [0.25, 0.3) is 0 Å². The van der Waals surface area contributed by atoms with E-state index in [0.29, 0.717) is 55.3 Å². The van der Waals surface area contributed by atoms with Gasteiger partial charge in [0.25, 0.3) is 5.96 Å². The first-order valence-electron chi connectivity index (χ1n) is 16.6. The summed E-state index contributed by atoms with van der Waals surface area (Å²) in [6.45, 7) is 11.3. The highest BCUT2D eigenvalue weighted by Crippen LogP contribution is 2.65. The van der Waals surface area contributed by atoms with Gasteiger partial charge in [-0.15, -0.1) is 0 Å². The molecule has 6 rings (SSSR count). The maximum absolute atomic E-state index is 13.9. The SMILES string of the molecule is CC(C)C[C@H](NC(=O)[C@H](CCCN=C(N)N[N+](=O)[O-])CC(=O)CC1CC2CCC1C2)B1O[C@@H]2C[C@H]3C[C@H](C3(C)C)[C@]2(C)O1. The van der Waals surface area contributed by atoms with Gasteiger partial charge in [-0.1, -0.05) is 39.5 Å². The highest BCUT2D eigenvalue weighted by atomic mass is 16.7. The van der Waals surface area contributed by atoms with E-state index in [4.69, 9.17) is 15.0 Å². The van der Waals surface area contributed by atoms with E-state index in [0.717, 1.165) is 25.2 Å². The Kier molecular flexibility index (Phi) is 9.48. The summed E-state index contributed by atoms with van der Waals surface area (Å²) < 4.78 is 13.3. The number of hydrazine groups is 1. The van der Waals surface area contributed by atoms with Gasteiger partial charge >= 0.3 is 7.12 Å². The average molecular weight is 602 g/mol. The highest BCUT2D eigenvalue weighted by molar-refractivity contribution is 6.47. The topological polar surface area (TPSA) is 158 Å². The van der Waals surface area contributed by atoms with Crippen molar-refractivity contribution in [1.29, 1.82) is 0 Å². The van der Waals surface area contributed by atoms with Gasteiger partial charge in [0.05, 0.1) is 17.6 Å². The predicted molar refractivity (Wildman–Crippen MR) is 164 cm³/mol. The van der Waals surface area contributed by atoms with Crippen LogP contribution < -0.4 is 16.5 Å². The van der Waals surface area contributed by atoms with Crippen LogP contribution in [0.4, 0.5) is 0 Å². The van der Waals surface area contributed by atoms with Gasteiger partial charge in [0, 0.05) is 25.3 Å². The maximum Gasteiger partial charge on any atom is 0.481 e. The number of carbonyl (C=O) groups excluding carboxylic acids is 2. The van der Waals surface area contributed by atoms with Crippen LogP contribution in [0.15, 0.2) is 4.99 Å². The highest BCUT2D eigenvalue weighted by Gasteiger charge is 2.68. The Morgan fingerprint density at radius 2 is 1.93 bits per heavy atom. The molecule has 4 N–H and O–H groups in total. The van der Waals surface area contributed by atoms with E-state index in [1.807, 2.05) is 5.43 Å². The summed E-state index contributed by atoms with van der Waals surface area (Å²) in [5.41, 5.74) is 7.26. The zero-order chi connectivity index (χ0) is 31.1. The number of aliphatic imine (C=N–C) groups is 1. The van der Waals surface area contributed by atoms with E-state index in [9.17, 15) is 19.7 Å². The minimum absolute atomic E-state index is 0.0241. The van der Waals surface area contributed by atoms with E-state index in [1.54, 1.807) is 0 Å². The summed E-state index contributed by atoms with van der Waals surface area (Å²) in [5.74, 6) is 2.10. The molecule has 5 aliphatic carbocycles. The van der Waals surface area contributed by atoms with Crippen molar-refractivity contribution in [3.63, 3.8) is 0 Å². The van der Waals surface area contributed by atoms with Crippen molar-refractivity contribution in [1.82, 2.24) is 10.7 Å². The molecule has 4 bridgehead atoms. The fourth-order valence-corrected chi connectivity index (χ4v) is 9.39. The number of amides is 1. The maximum atomic E-state index is 13.9. The second-order valence-electron chi connectivity index (χ2n) is 15.4. The monoisotopic (exact) mass is 601 g/mol. The van der Waals surface area contributed by atoms with Gasteiger partial charge in [0.1, 0.15) is 5.78 Å². The molecular formula is C31H52BN5O6. The Morgan fingerprint density at radius 3 is 2.56 bits per heavy atom. The number of rotatable bonds is 14. The summed E-state index contributed by atoms with van der Waals surface area (Å²) in [6, 6.07) is 0. The van der Waals surface area contributed by atoms with Gasteiger partial charge in [0.2, 0.25) is 5.91 Å². The van der Waals surface area contributed by atoms with Gasteiger partial charge in [-0.2, -0.15) is 0 Å². The lowest BCUT2D eigenvalue weighted by Crippen LogP contribution is -2.65. The van der Waals surface area contributed by atoms with Gasteiger partial charge in [0.15, 0.2) is 5.03 Å². The molecule has 5 saturated carbocycles. The number of carbonyl (C=O) groups is 2. The Bertz CT molecular complexity index is 1100. The van der Waals surface area contributed by atoms with Crippen molar-refractivity contribution in [2.75, 3.05) is 6.54 Å². The smallest absolute Gasteiger partial charge is 0.404 e. The van der Waals surface area contributed by atoms with Crippen molar-refractivity contribution >= 4 is 24.8 Å². The quantitative estimate of drug-likeness (QED) is 0.0672. The first-order valence-corrected chi connectivity index (χ1v) is 16.6. The molecule has 6 aliphatic rings. The second kappa shape index (κ2) is 12.7. The molecule has 11 nitrogen and oxygen atoms in total. The van der Waals surface area contributed by atoms with Crippen LogP contribution in [-0.4, -0.2) is 54.0 Å². The van der Waals surface area contributed by atoms with Gasteiger partial charge in [-0.05, 0) is 99.2 Å². The summed E-state index contributed by atoms with van der Waals surface area (Å²) >= 11 is 0. The van der Waals surface area contributed by atoms with E-state index >= 15 is 0 Å². The molecule has 3 unspecified atom stereocenters. The van der Waals surface area contributed by atoms with Gasteiger partial charge in [-0.3, -0.25) is 9.59 Å². The Balaban J connectivity index is 1.24. The normalized spacial score (nSPS) is 35.3. The summed E-state index contributed by atoms with van der Waals surface area (Å²) in [5, 5.41) is 13.1. The molecule has 0 aromatic rings. The molecule has 0 spiro atoms. The number of ketones is 1. The summed E-state index contributed by atoms with van der Waals surface area (Å²) in [4.78, 5) is 41.8. The molecule has 1 heterocycles. The van der Waals surface area contributed by atoms with E-state index in [-0.39, 0.29) is 53.7 Å². The van der Waals surface area contributed by atoms with Crippen LogP contribution in [0.2, 0.25) is 0 Å². The number of nitrogens with two attached hydrogens (primary N) is 1. The van der Waals surface area contributed by atoms with E-state index < -0.39 is 18.1 Å². The standard InChI is InChI=1S/C31H52BN5O6/c1-18(2)11-27(32-42-26-17-23-16-25(30(23,3)4)31(26,5)43-32)35-28(39)21(7-6-10-34-29(33)36-37(40)41)14-24(38)15-22-13-19-8-9-20(22)12-19/h18-23,25-27H,6-17H2,1-5H3,(H,35,39)(H3,33,34,36)/t19?,20?,21-,22?,23-,25-,26-,27+,31+/m1/s1. The summed E-state index contributed by atoms with van der Waals surface area (Å²) in [7, 11) is -0.528. The van der Waals surface area contributed by atoms with Gasteiger partial charge < -0.3 is 20.4 Å². The van der Waals surface area contributed by atoms with Crippen LogP contribution in [0.1, 0.15) is 105 Å². The minimum Gasteiger partial charge on any atom is -0.404 e. The number of nitrogens with zero attached hydrogens (tertiary/aromatic N) is 2. The Hall–Kier alpha value is -2.21. The van der Waals surface area contributed by atoms with E-state index in [1.165, 1.54) is 19.3 Å². The molecule has 1 saturated heterocycles. The Labute approximate surface area is 256 Å². The summed E-state index contributed by atoms with van der Waals surface area (Å²) in [6.07, 6.45) is 9.40. The molecule has 9 atom stereocenters. The van der Waals surface area contributed by atoms with Crippen molar-refractivity contribution < 1.29 is 23.9 Å². The van der Waals surface area contributed by atoms with Crippen molar-refractivity contribution in [2.24, 2.45) is 57.6 Å². The number of Topliss-reactive ketones (excluding diaryl/α,β-unsaturated/α-hetero) is 1. The van der Waals surface area contributed by atoms with Crippen molar-refractivity contribution in [2.45, 2.75) is 123 Å². The second-order valence-corrected chi connectivity index (χ2v) is 15.4. The fraction of sp³-hybridized carbons (Fsp3) is 0.903. The third-order valence-corrected chi connectivity index (χ3v) is 11.8. The molecule has 12 heteroatoms. The number of nitrogens with one attached hydrogen (secondary N) is 2. The lowest BCUT2D eigenvalue weighted by molar-refractivity contribution is -0.525. The molecule has 0 aromatic carbocycles. The molecular weight excluding hydrogens is 549 g/mol. The molecule has 0 radical (unpaired) electrons. The van der Waals surface area contributed by atoms with Gasteiger partial charge in [-0.25, -0.2) is 15.1 Å². The van der Waals surface area contributed by atoms with E-state index in [2.05, 4.69) is 44.9 Å². The zero-order valence-electron chi connectivity index (χ0n) is 26.7. The lowest BCUT2D eigenvalue weighted by Gasteiger charge is -2.64. The molecule has 6 fully saturated rings. The molecule has 43 heavy (non-hydrogen) atoms. The van der Waals surface area contributed by atoms with Crippen LogP contribution in [0.5, 0.6) is 0 Å². The van der Waals surface area contributed by atoms with Crippen LogP contribution in [0.3, 0.4) is 0 Å². The third-order valence-electron chi connectivity index (χ3n) is 11.8. The van der Waals surface area contributed by atoms with Crippen LogP contribution >= 0.6 is 0 Å². The number of nitro groups is 1. The molecule has 0 aromatic heterocycles. The number of fused-ring (bicyclic) bond motifs is 2.